The fraction of sp³-hybridized carbons (Fsp3) is 0.750. The van der Waals surface area contributed by atoms with Crippen molar-refractivity contribution in [3.05, 3.63) is 29.3 Å². The molecule has 4 nitrogen and oxygen atoms in total. The highest BCUT2D eigenvalue weighted by Crippen LogP contribution is 2.42. The van der Waals surface area contributed by atoms with Gasteiger partial charge >= 0.3 is 6.18 Å². The second-order valence-corrected chi connectivity index (χ2v) is 11.7. The van der Waals surface area contributed by atoms with Gasteiger partial charge in [-0.2, -0.15) is 13.2 Å². The lowest BCUT2D eigenvalue weighted by Crippen LogP contribution is -2.37. The van der Waals surface area contributed by atoms with Crippen molar-refractivity contribution in [2.45, 2.75) is 76.9 Å². The third kappa shape index (κ3) is 5.21. The van der Waals surface area contributed by atoms with Gasteiger partial charge in [-0.1, -0.05) is 32.8 Å². The van der Waals surface area contributed by atoms with Gasteiger partial charge in [-0.05, 0) is 68.2 Å². The highest BCUT2D eigenvalue weighted by molar-refractivity contribution is 5.80. The first-order valence-corrected chi connectivity index (χ1v) is 13.7. The van der Waals surface area contributed by atoms with Crippen molar-refractivity contribution in [3.8, 4) is 0 Å². The van der Waals surface area contributed by atoms with E-state index in [2.05, 4.69) is 23.6 Å². The van der Waals surface area contributed by atoms with Crippen molar-refractivity contribution in [3.63, 3.8) is 0 Å². The molecule has 0 aromatic heterocycles. The number of hydrogen-bond acceptors (Lipinski definition) is 3. The Morgan fingerprint density at radius 2 is 1.63 bits per heavy atom. The van der Waals surface area contributed by atoms with Crippen LogP contribution in [0.15, 0.2) is 18.2 Å². The normalized spacial score (nSPS) is 29.5. The van der Waals surface area contributed by atoms with Gasteiger partial charge in [0.25, 0.3) is 0 Å². The number of carbonyl (C=O) groups excluding carboxylic acids is 1. The topological polar surface area (TPSA) is 26.8 Å². The van der Waals surface area contributed by atoms with Gasteiger partial charge in [0, 0.05) is 50.4 Å². The summed E-state index contributed by atoms with van der Waals surface area (Å²) in [5.74, 6) is 1.22. The number of amides is 1. The van der Waals surface area contributed by atoms with Crippen molar-refractivity contribution in [2.75, 3.05) is 44.2 Å². The number of hydrogen-bond donors (Lipinski definition) is 0. The SMILES string of the molecule is CC1CCN(c2cc(C(F)(F)F)ccc2C2CN(C(=O)C3CCN(C4CCCC4)C3)C[C@@H]2C)CC1. The van der Waals surface area contributed by atoms with Gasteiger partial charge in [0.05, 0.1) is 11.5 Å². The van der Waals surface area contributed by atoms with Crippen LogP contribution in [0, 0.1) is 17.8 Å². The quantitative estimate of drug-likeness (QED) is 0.535. The van der Waals surface area contributed by atoms with Gasteiger partial charge < -0.3 is 9.80 Å². The van der Waals surface area contributed by atoms with Crippen LogP contribution in [0.3, 0.4) is 0 Å². The van der Waals surface area contributed by atoms with Crippen LogP contribution in [-0.4, -0.2) is 61.0 Å². The lowest BCUT2D eigenvalue weighted by atomic mass is 9.87. The first-order chi connectivity index (χ1) is 16.7. The van der Waals surface area contributed by atoms with Crippen LogP contribution in [0.1, 0.15) is 75.8 Å². The Labute approximate surface area is 207 Å². The van der Waals surface area contributed by atoms with E-state index in [1.54, 1.807) is 6.07 Å². The Kier molecular flexibility index (Phi) is 7.08. The maximum Gasteiger partial charge on any atom is 0.416 e. The Balaban J connectivity index is 1.33. The second kappa shape index (κ2) is 9.95. The molecule has 3 heterocycles. The molecule has 35 heavy (non-hydrogen) atoms. The zero-order chi connectivity index (χ0) is 24.7. The van der Waals surface area contributed by atoms with Crippen molar-refractivity contribution in [2.24, 2.45) is 17.8 Å². The summed E-state index contributed by atoms with van der Waals surface area (Å²) in [7, 11) is 0. The lowest BCUT2D eigenvalue weighted by Gasteiger charge is -2.35. The monoisotopic (exact) mass is 491 g/mol. The number of nitrogens with zero attached hydrogens (tertiary/aromatic N) is 3. The minimum absolute atomic E-state index is 0.0669. The van der Waals surface area contributed by atoms with Gasteiger partial charge in [0.2, 0.25) is 5.91 Å². The predicted molar refractivity (Wildman–Crippen MR) is 132 cm³/mol. The molecule has 3 atom stereocenters. The number of rotatable bonds is 4. The molecule has 0 N–H and O–H groups in total. The molecule has 1 saturated carbocycles. The summed E-state index contributed by atoms with van der Waals surface area (Å²) >= 11 is 0. The molecule has 7 heteroatoms. The highest BCUT2D eigenvalue weighted by atomic mass is 19.4. The van der Waals surface area contributed by atoms with E-state index < -0.39 is 11.7 Å². The van der Waals surface area contributed by atoms with E-state index in [4.69, 9.17) is 0 Å². The predicted octanol–water partition coefficient (Wildman–Crippen LogP) is 5.77. The molecule has 0 radical (unpaired) electrons. The number of likely N-dealkylation sites (tertiary alicyclic amines) is 2. The Morgan fingerprint density at radius 3 is 2.31 bits per heavy atom. The minimum Gasteiger partial charge on any atom is -0.371 e. The van der Waals surface area contributed by atoms with Crippen molar-refractivity contribution < 1.29 is 18.0 Å². The number of benzene rings is 1. The largest absolute Gasteiger partial charge is 0.416 e. The molecule has 194 valence electrons. The van der Waals surface area contributed by atoms with Crippen molar-refractivity contribution in [1.29, 1.82) is 0 Å². The van der Waals surface area contributed by atoms with Crippen LogP contribution < -0.4 is 4.90 Å². The van der Waals surface area contributed by atoms with Crippen LogP contribution in [0.5, 0.6) is 0 Å². The van der Waals surface area contributed by atoms with Gasteiger partial charge in [0.1, 0.15) is 0 Å². The summed E-state index contributed by atoms with van der Waals surface area (Å²) < 4.78 is 40.8. The van der Waals surface area contributed by atoms with Crippen LogP contribution in [-0.2, 0) is 11.0 Å². The fourth-order valence-electron chi connectivity index (χ4n) is 6.96. The molecule has 1 aromatic carbocycles. The summed E-state index contributed by atoms with van der Waals surface area (Å²) in [5.41, 5.74) is 1.13. The van der Waals surface area contributed by atoms with E-state index in [1.807, 2.05) is 4.90 Å². The molecule has 5 rings (SSSR count). The molecule has 0 bridgehead atoms. The fourth-order valence-corrected chi connectivity index (χ4v) is 6.96. The van der Waals surface area contributed by atoms with Crippen molar-refractivity contribution in [1.82, 2.24) is 9.80 Å². The summed E-state index contributed by atoms with van der Waals surface area (Å²) in [6.45, 7) is 9.14. The summed E-state index contributed by atoms with van der Waals surface area (Å²) in [5, 5.41) is 0. The average Bonchev–Trinajstić information content (AvgIpc) is 3.59. The highest BCUT2D eigenvalue weighted by Gasteiger charge is 2.41. The molecular weight excluding hydrogens is 451 g/mol. The molecule has 3 aliphatic heterocycles. The molecule has 1 aromatic rings. The number of halogens is 3. The van der Waals surface area contributed by atoms with E-state index in [9.17, 15) is 18.0 Å². The average molecular weight is 492 g/mol. The Bertz CT molecular complexity index is 905. The number of alkyl halides is 3. The zero-order valence-corrected chi connectivity index (χ0v) is 21.2. The third-order valence-electron chi connectivity index (χ3n) is 9.22. The summed E-state index contributed by atoms with van der Waals surface area (Å²) in [6.07, 6.45) is 3.70. The first kappa shape index (κ1) is 24.9. The molecule has 4 aliphatic rings. The first-order valence-electron chi connectivity index (χ1n) is 13.7. The van der Waals surface area contributed by atoms with E-state index in [-0.39, 0.29) is 23.7 Å². The molecule has 3 saturated heterocycles. The molecule has 4 fully saturated rings. The van der Waals surface area contributed by atoms with E-state index in [0.717, 1.165) is 56.7 Å². The molecule has 2 unspecified atom stereocenters. The maximum atomic E-state index is 13.6. The molecular formula is C28H40F3N3O. The molecule has 1 amide bonds. The van der Waals surface area contributed by atoms with E-state index >= 15 is 0 Å². The number of anilines is 1. The van der Waals surface area contributed by atoms with Crippen LogP contribution in [0.4, 0.5) is 18.9 Å². The van der Waals surface area contributed by atoms with E-state index in [1.165, 1.54) is 37.8 Å². The number of carbonyl (C=O) groups is 1. The van der Waals surface area contributed by atoms with E-state index in [0.29, 0.717) is 25.0 Å². The maximum absolute atomic E-state index is 13.6. The summed E-state index contributed by atoms with van der Waals surface area (Å²) in [6, 6.07) is 4.95. The van der Waals surface area contributed by atoms with Crippen LogP contribution in [0.2, 0.25) is 0 Å². The Hall–Kier alpha value is -1.76. The standard InChI is InChI=1S/C28H40F3N3O/c1-19-9-12-32(13-10-19)26-15-22(28(29,30)31)7-8-24(26)25-18-34(16-20(25)2)27(35)21-11-14-33(17-21)23-5-3-4-6-23/h7-8,15,19-21,23,25H,3-6,9-14,16-18H2,1-2H3/t20-,21?,25?/m0/s1. The van der Waals surface area contributed by atoms with Gasteiger partial charge in [-0.15, -0.1) is 0 Å². The van der Waals surface area contributed by atoms with Gasteiger partial charge in [-0.25, -0.2) is 0 Å². The smallest absolute Gasteiger partial charge is 0.371 e. The minimum atomic E-state index is -4.35. The Morgan fingerprint density at radius 1 is 0.914 bits per heavy atom. The van der Waals surface area contributed by atoms with Crippen molar-refractivity contribution >= 4 is 11.6 Å². The summed E-state index contributed by atoms with van der Waals surface area (Å²) in [4.78, 5) is 20.2. The lowest BCUT2D eigenvalue weighted by molar-refractivity contribution is -0.137. The number of piperidine rings is 1. The van der Waals surface area contributed by atoms with Gasteiger partial charge in [-0.3, -0.25) is 9.69 Å². The molecule has 1 aliphatic carbocycles. The zero-order valence-electron chi connectivity index (χ0n) is 21.2. The second-order valence-electron chi connectivity index (χ2n) is 11.7. The van der Waals surface area contributed by atoms with Crippen LogP contribution >= 0.6 is 0 Å². The van der Waals surface area contributed by atoms with Crippen LogP contribution in [0.25, 0.3) is 0 Å². The third-order valence-corrected chi connectivity index (χ3v) is 9.22. The molecule has 0 spiro atoms. The van der Waals surface area contributed by atoms with Gasteiger partial charge in [0.15, 0.2) is 0 Å².